The van der Waals surface area contributed by atoms with Crippen molar-refractivity contribution in [1.82, 2.24) is 0 Å². The van der Waals surface area contributed by atoms with E-state index in [9.17, 15) is 4.79 Å². The highest BCUT2D eigenvalue weighted by Gasteiger charge is 2.09. The van der Waals surface area contributed by atoms with Crippen LogP contribution in [-0.4, -0.2) is 19.2 Å². The fraction of sp³-hybridized carbons (Fsp3) is 0.842. The molecule has 0 radical (unpaired) electrons. The predicted molar refractivity (Wildman–Crippen MR) is 92.8 cm³/mol. The molecule has 0 fully saturated rings. The molecule has 0 aliphatic carbocycles. The molecule has 0 bridgehead atoms. The summed E-state index contributed by atoms with van der Waals surface area (Å²) in [6, 6.07) is 0. The summed E-state index contributed by atoms with van der Waals surface area (Å²) < 4.78 is 10.5. The van der Waals surface area contributed by atoms with Gasteiger partial charge in [-0.1, -0.05) is 78.1 Å². The quantitative estimate of drug-likeness (QED) is 0.157. The van der Waals surface area contributed by atoms with Crippen LogP contribution in [0.25, 0.3) is 0 Å². The SMILES string of the molecule is C=C(OCCCCCCCC)C(=O)OCCCCCCCC. The summed E-state index contributed by atoms with van der Waals surface area (Å²) in [7, 11) is 0. The molecule has 0 saturated heterocycles. The first-order valence-corrected chi connectivity index (χ1v) is 9.21. The minimum absolute atomic E-state index is 0.152. The number of carbonyl (C=O) groups is 1. The van der Waals surface area contributed by atoms with E-state index >= 15 is 0 Å². The van der Waals surface area contributed by atoms with Crippen molar-refractivity contribution in [2.75, 3.05) is 13.2 Å². The number of carbonyl (C=O) groups excluding carboxylic acids is 1. The van der Waals surface area contributed by atoms with Crippen LogP contribution in [0.5, 0.6) is 0 Å². The number of ether oxygens (including phenoxy) is 2. The van der Waals surface area contributed by atoms with Crippen LogP contribution in [0.15, 0.2) is 12.3 Å². The summed E-state index contributed by atoms with van der Waals surface area (Å²) in [4.78, 5) is 11.6. The van der Waals surface area contributed by atoms with Crippen LogP contribution < -0.4 is 0 Å². The summed E-state index contributed by atoms with van der Waals surface area (Å²) in [5.41, 5.74) is 0. The molecule has 3 nitrogen and oxygen atoms in total. The van der Waals surface area contributed by atoms with E-state index in [4.69, 9.17) is 9.47 Å². The Morgan fingerprint density at radius 1 is 0.682 bits per heavy atom. The first-order valence-electron chi connectivity index (χ1n) is 9.21. The minimum Gasteiger partial charge on any atom is -0.487 e. The number of unbranched alkanes of at least 4 members (excludes halogenated alkanes) is 10. The molecule has 0 aromatic carbocycles. The van der Waals surface area contributed by atoms with Crippen LogP contribution in [0.2, 0.25) is 0 Å². The van der Waals surface area contributed by atoms with Gasteiger partial charge in [-0.3, -0.25) is 0 Å². The molecule has 0 heterocycles. The van der Waals surface area contributed by atoms with E-state index in [1.54, 1.807) is 0 Å². The van der Waals surface area contributed by atoms with E-state index in [0.717, 1.165) is 25.7 Å². The van der Waals surface area contributed by atoms with Crippen molar-refractivity contribution in [2.24, 2.45) is 0 Å². The standard InChI is InChI=1S/C19H36O3/c1-4-6-8-10-12-14-16-21-18(3)19(20)22-17-15-13-11-9-7-5-2/h3-17H2,1-2H3. The van der Waals surface area contributed by atoms with E-state index in [2.05, 4.69) is 20.4 Å². The van der Waals surface area contributed by atoms with Gasteiger partial charge in [0.2, 0.25) is 0 Å². The molecule has 0 amide bonds. The third kappa shape index (κ3) is 14.0. The topological polar surface area (TPSA) is 35.5 Å². The Hall–Kier alpha value is -0.990. The molecule has 0 atom stereocenters. The molecule has 0 aliphatic rings. The third-order valence-electron chi connectivity index (χ3n) is 3.73. The highest BCUT2D eigenvalue weighted by Crippen LogP contribution is 2.08. The molecule has 3 heteroatoms. The molecule has 0 N–H and O–H groups in total. The second-order valence-corrected chi connectivity index (χ2v) is 5.94. The lowest BCUT2D eigenvalue weighted by Gasteiger charge is -2.09. The molecule has 0 aromatic rings. The van der Waals surface area contributed by atoms with Gasteiger partial charge in [-0.15, -0.1) is 0 Å². The highest BCUT2D eigenvalue weighted by atomic mass is 16.6. The predicted octanol–water partition coefficient (Wildman–Crippen LogP) is 5.78. The molecule has 0 aromatic heterocycles. The Morgan fingerprint density at radius 2 is 1.09 bits per heavy atom. The van der Waals surface area contributed by atoms with Crippen molar-refractivity contribution in [3.8, 4) is 0 Å². The molecule has 130 valence electrons. The maximum atomic E-state index is 11.6. The van der Waals surface area contributed by atoms with Crippen LogP contribution in [0.1, 0.15) is 90.9 Å². The highest BCUT2D eigenvalue weighted by molar-refractivity contribution is 5.85. The van der Waals surface area contributed by atoms with Gasteiger partial charge in [-0.05, 0) is 19.4 Å². The second kappa shape index (κ2) is 16.4. The summed E-state index contributed by atoms with van der Waals surface area (Å²) >= 11 is 0. The molecule has 0 rings (SSSR count). The van der Waals surface area contributed by atoms with Crippen molar-refractivity contribution < 1.29 is 14.3 Å². The molecule has 0 saturated carbocycles. The van der Waals surface area contributed by atoms with Crippen LogP contribution in [0.3, 0.4) is 0 Å². The first kappa shape index (κ1) is 21.0. The molecular formula is C19H36O3. The van der Waals surface area contributed by atoms with Gasteiger partial charge in [0, 0.05) is 0 Å². The van der Waals surface area contributed by atoms with Gasteiger partial charge in [0.1, 0.15) is 0 Å². The summed E-state index contributed by atoms with van der Waals surface area (Å²) in [5, 5.41) is 0. The minimum atomic E-state index is -0.403. The van der Waals surface area contributed by atoms with E-state index in [0.29, 0.717) is 13.2 Å². The molecular weight excluding hydrogens is 276 g/mol. The van der Waals surface area contributed by atoms with Gasteiger partial charge in [0.05, 0.1) is 13.2 Å². The van der Waals surface area contributed by atoms with Gasteiger partial charge >= 0.3 is 5.97 Å². The number of hydrogen-bond acceptors (Lipinski definition) is 3. The average Bonchev–Trinajstić information content (AvgIpc) is 2.52. The zero-order valence-electron chi connectivity index (χ0n) is 14.8. The lowest BCUT2D eigenvalue weighted by atomic mass is 10.1. The first-order chi connectivity index (χ1) is 10.7. The number of rotatable bonds is 16. The molecule has 22 heavy (non-hydrogen) atoms. The third-order valence-corrected chi connectivity index (χ3v) is 3.73. The lowest BCUT2D eigenvalue weighted by Crippen LogP contribution is -2.11. The average molecular weight is 312 g/mol. The fourth-order valence-corrected chi connectivity index (χ4v) is 2.26. The summed E-state index contributed by atoms with van der Waals surface area (Å²) in [5.74, 6) is -0.251. The van der Waals surface area contributed by atoms with Crippen molar-refractivity contribution in [3.63, 3.8) is 0 Å². The number of esters is 1. The lowest BCUT2D eigenvalue weighted by molar-refractivity contribution is -0.143. The second-order valence-electron chi connectivity index (χ2n) is 5.94. The molecule has 0 unspecified atom stereocenters. The van der Waals surface area contributed by atoms with E-state index in [1.807, 2.05) is 0 Å². The van der Waals surface area contributed by atoms with Crippen LogP contribution >= 0.6 is 0 Å². The Balaban J connectivity index is 3.38. The fourth-order valence-electron chi connectivity index (χ4n) is 2.26. The van der Waals surface area contributed by atoms with Gasteiger partial charge in [0.25, 0.3) is 0 Å². The maximum absolute atomic E-state index is 11.6. The van der Waals surface area contributed by atoms with Crippen molar-refractivity contribution >= 4 is 5.97 Å². The Bertz CT molecular complexity index is 246. The van der Waals surface area contributed by atoms with Crippen molar-refractivity contribution in [1.29, 1.82) is 0 Å². The molecule has 0 spiro atoms. The zero-order valence-corrected chi connectivity index (χ0v) is 14.8. The molecule has 0 aliphatic heterocycles. The maximum Gasteiger partial charge on any atom is 0.372 e. The van der Waals surface area contributed by atoms with E-state index < -0.39 is 5.97 Å². The van der Waals surface area contributed by atoms with E-state index in [-0.39, 0.29) is 5.76 Å². The van der Waals surface area contributed by atoms with Crippen LogP contribution in [0, 0.1) is 0 Å². The van der Waals surface area contributed by atoms with Crippen molar-refractivity contribution in [3.05, 3.63) is 12.3 Å². The normalized spacial score (nSPS) is 10.5. The summed E-state index contributed by atoms with van der Waals surface area (Å²) in [6.45, 7) is 9.11. The zero-order chi connectivity index (χ0) is 16.5. The van der Waals surface area contributed by atoms with Gasteiger partial charge in [-0.2, -0.15) is 0 Å². The Labute approximate surface area is 137 Å². The smallest absolute Gasteiger partial charge is 0.372 e. The number of hydrogen-bond donors (Lipinski definition) is 0. The summed E-state index contributed by atoms with van der Waals surface area (Å²) in [6.07, 6.45) is 14.3. The van der Waals surface area contributed by atoms with Crippen LogP contribution in [0.4, 0.5) is 0 Å². The van der Waals surface area contributed by atoms with Gasteiger partial charge < -0.3 is 9.47 Å². The van der Waals surface area contributed by atoms with Crippen LogP contribution in [-0.2, 0) is 14.3 Å². The monoisotopic (exact) mass is 312 g/mol. The Morgan fingerprint density at radius 3 is 1.59 bits per heavy atom. The van der Waals surface area contributed by atoms with Gasteiger partial charge in [0.15, 0.2) is 5.76 Å². The largest absolute Gasteiger partial charge is 0.487 e. The van der Waals surface area contributed by atoms with Gasteiger partial charge in [-0.25, -0.2) is 4.79 Å². The van der Waals surface area contributed by atoms with E-state index in [1.165, 1.54) is 51.4 Å². The van der Waals surface area contributed by atoms with Crippen molar-refractivity contribution in [2.45, 2.75) is 90.9 Å². The Kier molecular flexibility index (Phi) is 15.6.